The molecule has 1 aromatic rings. The lowest BCUT2D eigenvalue weighted by molar-refractivity contribution is -0.140. The van der Waals surface area contributed by atoms with Gasteiger partial charge in [0.25, 0.3) is 0 Å². The minimum atomic E-state index is -0.743. The van der Waals surface area contributed by atoms with E-state index in [1.807, 2.05) is 30.3 Å². The summed E-state index contributed by atoms with van der Waals surface area (Å²) in [6.07, 6.45) is 4.54. The number of carbonyl (C=O) groups is 1. The summed E-state index contributed by atoms with van der Waals surface area (Å²) in [7, 11) is 0. The van der Waals surface area contributed by atoms with Crippen LogP contribution in [0, 0.1) is 11.3 Å². The van der Waals surface area contributed by atoms with Gasteiger partial charge in [0.15, 0.2) is 0 Å². The zero-order valence-electron chi connectivity index (χ0n) is 8.68. The van der Waals surface area contributed by atoms with Gasteiger partial charge in [0, 0.05) is 6.08 Å². The highest BCUT2D eigenvalue weighted by Crippen LogP contribution is 2.48. The van der Waals surface area contributed by atoms with Crippen molar-refractivity contribution in [2.75, 3.05) is 0 Å². The highest BCUT2D eigenvalue weighted by Gasteiger charge is 2.51. The quantitative estimate of drug-likeness (QED) is 0.784. The van der Waals surface area contributed by atoms with Crippen molar-refractivity contribution in [3.05, 3.63) is 41.5 Å². The molecule has 2 rings (SSSR count). The van der Waals surface area contributed by atoms with Crippen molar-refractivity contribution in [2.45, 2.75) is 18.3 Å². The number of carboxylic acid groups (broad SMARTS) is 1. The molecule has 0 atom stereocenters. The molecule has 0 bridgehead atoms. The first-order valence-electron chi connectivity index (χ1n) is 5.09. The maximum absolute atomic E-state index is 11.1. The van der Waals surface area contributed by atoms with Crippen LogP contribution in [-0.2, 0) is 10.2 Å². The molecule has 0 aliphatic heterocycles. The van der Waals surface area contributed by atoms with Gasteiger partial charge in [-0.25, -0.2) is 0 Å². The Morgan fingerprint density at radius 2 is 2.00 bits per heavy atom. The smallest absolute Gasteiger partial charge is 0.314 e. The highest BCUT2D eigenvalue weighted by atomic mass is 16.4. The fraction of sp³-hybridized carbons (Fsp3) is 0.231. The first kappa shape index (κ1) is 10.4. The van der Waals surface area contributed by atoms with E-state index in [-0.39, 0.29) is 0 Å². The van der Waals surface area contributed by atoms with Crippen molar-refractivity contribution < 1.29 is 9.90 Å². The molecule has 0 aromatic heterocycles. The first-order valence-corrected chi connectivity index (χ1v) is 5.09. The molecule has 1 saturated carbocycles. The van der Waals surface area contributed by atoms with Crippen molar-refractivity contribution in [1.29, 1.82) is 5.26 Å². The molecular weight excluding hydrogens is 202 g/mol. The monoisotopic (exact) mass is 213 g/mol. The first-order chi connectivity index (χ1) is 7.69. The summed E-state index contributed by atoms with van der Waals surface area (Å²) in [5.74, 6) is -0.743. The Bertz CT molecular complexity index is 476. The molecule has 1 aromatic carbocycles. The molecule has 0 heterocycles. The summed E-state index contributed by atoms with van der Waals surface area (Å²) in [6.45, 7) is 0. The van der Waals surface area contributed by atoms with Crippen LogP contribution >= 0.6 is 0 Å². The Kier molecular flexibility index (Phi) is 2.49. The largest absolute Gasteiger partial charge is 0.481 e. The average Bonchev–Trinajstić information content (AvgIpc) is 3.08. The van der Waals surface area contributed by atoms with Crippen LogP contribution in [0.4, 0.5) is 0 Å². The van der Waals surface area contributed by atoms with Crippen LogP contribution in [0.1, 0.15) is 24.0 Å². The molecule has 16 heavy (non-hydrogen) atoms. The summed E-state index contributed by atoms with van der Waals surface area (Å²) >= 11 is 0. The third-order valence-corrected chi connectivity index (χ3v) is 2.97. The van der Waals surface area contributed by atoms with Gasteiger partial charge in [-0.3, -0.25) is 4.79 Å². The Hall–Kier alpha value is -2.08. The summed E-state index contributed by atoms with van der Waals surface area (Å²) in [5, 5.41) is 17.5. The topological polar surface area (TPSA) is 61.1 Å². The number of aliphatic carboxylic acids is 1. The second-order valence-electron chi connectivity index (χ2n) is 3.97. The summed E-state index contributed by atoms with van der Waals surface area (Å²) < 4.78 is 0. The number of nitrogens with zero attached hydrogens (tertiary/aromatic N) is 1. The zero-order chi connectivity index (χ0) is 11.6. The lowest BCUT2D eigenvalue weighted by atomic mass is 9.95. The Balaban J connectivity index is 2.24. The van der Waals surface area contributed by atoms with Crippen LogP contribution in [0.15, 0.2) is 30.3 Å². The van der Waals surface area contributed by atoms with Crippen molar-refractivity contribution in [1.82, 2.24) is 0 Å². The standard InChI is InChI=1S/C13H11NO2/c14-9-1-2-10-3-5-11(6-4-10)13(7-8-13)12(15)16/h1-6H,7-8H2,(H,15,16). The van der Waals surface area contributed by atoms with E-state index < -0.39 is 11.4 Å². The zero-order valence-corrected chi connectivity index (χ0v) is 8.68. The number of hydrogen-bond acceptors (Lipinski definition) is 2. The van der Waals surface area contributed by atoms with Gasteiger partial charge in [-0.1, -0.05) is 24.3 Å². The van der Waals surface area contributed by atoms with Gasteiger partial charge in [-0.15, -0.1) is 0 Å². The number of carboxylic acids is 1. The number of rotatable bonds is 3. The lowest BCUT2D eigenvalue weighted by Gasteiger charge is -2.09. The second kappa shape index (κ2) is 3.82. The minimum Gasteiger partial charge on any atom is -0.481 e. The lowest BCUT2D eigenvalue weighted by Crippen LogP contribution is -2.19. The Morgan fingerprint density at radius 3 is 2.44 bits per heavy atom. The molecule has 0 unspecified atom stereocenters. The molecule has 0 radical (unpaired) electrons. The average molecular weight is 213 g/mol. The fourth-order valence-corrected chi connectivity index (χ4v) is 1.80. The van der Waals surface area contributed by atoms with Gasteiger partial charge in [0.05, 0.1) is 11.5 Å². The van der Waals surface area contributed by atoms with Gasteiger partial charge in [0.1, 0.15) is 0 Å². The second-order valence-corrected chi connectivity index (χ2v) is 3.97. The molecular formula is C13H11NO2. The van der Waals surface area contributed by atoms with E-state index in [1.54, 1.807) is 6.08 Å². The molecule has 80 valence electrons. The molecule has 1 aliphatic rings. The van der Waals surface area contributed by atoms with E-state index in [2.05, 4.69) is 0 Å². The summed E-state index contributed by atoms with van der Waals surface area (Å²) in [5.41, 5.74) is 1.12. The minimum absolute atomic E-state index is 0.641. The van der Waals surface area contributed by atoms with Crippen LogP contribution in [0.25, 0.3) is 6.08 Å². The molecule has 1 aliphatic carbocycles. The van der Waals surface area contributed by atoms with E-state index >= 15 is 0 Å². The highest BCUT2D eigenvalue weighted by molar-refractivity contribution is 5.85. The summed E-state index contributed by atoms with van der Waals surface area (Å²) in [4.78, 5) is 11.1. The molecule has 1 N–H and O–H groups in total. The van der Waals surface area contributed by atoms with Gasteiger partial charge >= 0.3 is 5.97 Å². The van der Waals surface area contributed by atoms with Crippen molar-refractivity contribution >= 4 is 12.0 Å². The third-order valence-electron chi connectivity index (χ3n) is 2.97. The maximum Gasteiger partial charge on any atom is 0.314 e. The number of nitriles is 1. The Labute approximate surface area is 93.6 Å². The fourth-order valence-electron chi connectivity index (χ4n) is 1.80. The van der Waals surface area contributed by atoms with E-state index in [9.17, 15) is 4.79 Å². The molecule has 0 saturated heterocycles. The van der Waals surface area contributed by atoms with Crippen molar-refractivity contribution in [2.24, 2.45) is 0 Å². The summed E-state index contributed by atoms with van der Waals surface area (Å²) in [6, 6.07) is 9.26. The van der Waals surface area contributed by atoms with Gasteiger partial charge in [-0.2, -0.15) is 5.26 Å². The van der Waals surface area contributed by atoms with Gasteiger partial charge in [-0.05, 0) is 30.0 Å². The third kappa shape index (κ3) is 1.70. The van der Waals surface area contributed by atoms with Crippen LogP contribution in [0.3, 0.4) is 0 Å². The van der Waals surface area contributed by atoms with Crippen LogP contribution < -0.4 is 0 Å². The SMILES string of the molecule is N#CC=Cc1ccc(C2(C(=O)O)CC2)cc1. The molecule has 0 spiro atoms. The number of hydrogen-bond donors (Lipinski definition) is 1. The molecule has 0 amide bonds. The number of benzene rings is 1. The van der Waals surface area contributed by atoms with Crippen molar-refractivity contribution in [3.63, 3.8) is 0 Å². The predicted octanol–water partition coefficient (Wildman–Crippen LogP) is 2.34. The van der Waals surface area contributed by atoms with E-state index in [0.717, 1.165) is 24.0 Å². The van der Waals surface area contributed by atoms with E-state index in [0.29, 0.717) is 0 Å². The maximum atomic E-state index is 11.1. The van der Waals surface area contributed by atoms with Crippen LogP contribution in [0.5, 0.6) is 0 Å². The van der Waals surface area contributed by atoms with Crippen molar-refractivity contribution in [3.8, 4) is 6.07 Å². The predicted molar refractivity (Wildman–Crippen MR) is 59.6 cm³/mol. The Morgan fingerprint density at radius 1 is 1.38 bits per heavy atom. The van der Waals surface area contributed by atoms with E-state index in [1.165, 1.54) is 6.08 Å². The van der Waals surface area contributed by atoms with Gasteiger partial charge in [0.2, 0.25) is 0 Å². The van der Waals surface area contributed by atoms with Gasteiger partial charge < -0.3 is 5.11 Å². The van der Waals surface area contributed by atoms with E-state index in [4.69, 9.17) is 10.4 Å². The van der Waals surface area contributed by atoms with Crippen LogP contribution in [-0.4, -0.2) is 11.1 Å². The van der Waals surface area contributed by atoms with Crippen LogP contribution in [0.2, 0.25) is 0 Å². The molecule has 3 nitrogen and oxygen atoms in total. The molecule has 1 fully saturated rings. The molecule has 3 heteroatoms. The normalized spacial score (nSPS) is 16.9. The number of allylic oxidation sites excluding steroid dienone is 1.